The summed E-state index contributed by atoms with van der Waals surface area (Å²) in [6, 6.07) is 17.7. The van der Waals surface area contributed by atoms with E-state index in [1.54, 1.807) is 13.2 Å². The Morgan fingerprint density at radius 3 is 2.48 bits per heavy atom. The number of para-hydroxylation sites is 1. The highest BCUT2D eigenvalue weighted by atomic mass is 16.5. The predicted molar refractivity (Wildman–Crippen MR) is 90.2 cm³/mol. The number of hydrogen-bond donors (Lipinski definition) is 1. The topological polar surface area (TPSA) is 47.6 Å². The molecule has 120 valence electrons. The highest BCUT2D eigenvalue weighted by molar-refractivity contribution is 5.81. The summed E-state index contributed by atoms with van der Waals surface area (Å²) in [5.74, 6) is 0.388. The molecular formula is C19H21NO3. The van der Waals surface area contributed by atoms with E-state index in [-0.39, 0.29) is 12.0 Å². The van der Waals surface area contributed by atoms with Crippen molar-refractivity contribution < 1.29 is 14.3 Å². The van der Waals surface area contributed by atoms with E-state index < -0.39 is 0 Å². The summed E-state index contributed by atoms with van der Waals surface area (Å²) in [5, 5.41) is 3.43. The minimum Gasteiger partial charge on any atom is -0.496 e. The minimum atomic E-state index is -0.383. The number of nitrogens with one attached hydrogen (secondary N) is 1. The molecule has 2 rings (SSSR count). The molecule has 2 aromatic carbocycles. The summed E-state index contributed by atoms with van der Waals surface area (Å²) in [5.41, 5.74) is 2.13. The fraction of sp³-hybridized carbons (Fsp3) is 0.211. The number of esters is 1. The number of hydrogen-bond acceptors (Lipinski definition) is 4. The van der Waals surface area contributed by atoms with E-state index >= 15 is 0 Å². The lowest BCUT2D eigenvalue weighted by atomic mass is 10.0. The van der Waals surface area contributed by atoms with Crippen LogP contribution in [0.25, 0.3) is 0 Å². The lowest BCUT2D eigenvalue weighted by Crippen LogP contribution is -2.20. The first-order valence-corrected chi connectivity index (χ1v) is 7.41. The second kappa shape index (κ2) is 8.76. The van der Waals surface area contributed by atoms with Crippen LogP contribution in [-0.4, -0.2) is 20.2 Å². The van der Waals surface area contributed by atoms with E-state index in [9.17, 15) is 4.79 Å². The summed E-state index contributed by atoms with van der Waals surface area (Å²) in [4.78, 5) is 11.4. The number of ether oxygens (including phenoxy) is 2. The Morgan fingerprint density at radius 1 is 1.09 bits per heavy atom. The maximum atomic E-state index is 11.4. The Labute approximate surface area is 136 Å². The number of methoxy groups -OCH3 is 2. The van der Waals surface area contributed by atoms with Crippen molar-refractivity contribution in [1.82, 2.24) is 5.32 Å². The van der Waals surface area contributed by atoms with Crippen LogP contribution >= 0.6 is 0 Å². The van der Waals surface area contributed by atoms with Crippen molar-refractivity contribution in [2.24, 2.45) is 0 Å². The third-order valence-corrected chi connectivity index (χ3v) is 3.47. The van der Waals surface area contributed by atoms with Gasteiger partial charge in [-0.2, -0.15) is 0 Å². The number of carbonyl (C=O) groups excluding carboxylic acids is 1. The maximum Gasteiger partial charge on any atom is 0.330 e. The van der Waals surface area contributed by atoms with Gasteiger partial charge in [0.1, 0.15) is 5.75 Å². The van der Waals surface area contributed by atoms with Crippen molar-refractivity contribution in [3.8, 4) is 5.75 Å². The molecule has 0 bridgehead atoms. The molecule has 4 nitrogen and oxygen atoms in total. The lowest BCUT2D eigenvalue weighted by molar-refractivity contribution is -0.134. The molecule has 2 aromatic rings. The molecule has 23 heavy (non-hydrogen) atoms. The molecule has 0 heterocycles. The van der Waals surface area contributed by atoms with Gasteiger partial charge in [0.05, 0.1) is 20.3 Å². The molecule has 0 radical (unpaired) electrons. The Bertz CT molecular complexity index is 653. The zero-order chi connectivity index (χ0) is 16.5. The zero-order valence-electron chi connectivity index (χ0n) is 13.4. The van der Waals surface area contributed by atoms with Crippen molar-refractivity contribution in [3.05, 3.63) is 77.9 Å². The Hall–Kier alpha value is -2.59. The largest absolute Gasteiger partial charge is 0.496 e. The van der Waals surface area contributed by atoms with Crippen LogP contribution in [0.1, 0.15) is 17.2 Å². The third-order valence-electron chi connectivity index (χ3n) is 3.47. The Kier molecular flexibility index (Phi) is 6.39. The van der Waals surface area contributed by atoms with E-state index in [1.165, 1.54) is 18.7 Å². The van der Waals surface area contributed by atoms with Gasteiger partial charge in [-0.1, -0.05) is 54.6 Å². The molecule has 0 aliphatic heterocycles. The van der Waals surface area contributed by atoms with Crippen LogP contribution in [0.5, 0.6) is 5.75 Å². The minimum absolute atomic E-state index is 0.162. The van der Waals surface area contributed by atoms with Gasteiger partial charge in [-0.15, -0.1) is 0 Å². The molecule has 1 N–H and O–H groups in total. The van der Waals surface area contributed by atoms with Crippen LogP contribution in [-0.2, 0) is 16.1 Å². The van der Waals surface area contributed by atoms with Crippen LogP contribution in [0, 0.1) is 0 Å². The van der Waals surface area contributed by atoms with Crippen molar-refractivity contribution in [2.45, 2.75) is 12.6 Å². The monoisotopic (exact) mass is 311 g/mol. The molecule has 0 saturated heterocycles. The van der Waals surface area contributed by atoms with Gasteiger partial charge < -0.3 is 14.8 Å². The number of benzene rings is 2. The van der Waals surface area contributed by atoms with Crippen LogP contribution in [0.2, 0.25) is 0 Å². The molecule has 4 heteroatoms. The Balaban J connectivity index is 2.20. The molecule has 0 saturated carbocycles. The van der Waals surface area contributed by atoms with Crippen LogP contribution < -0.4 is 10.1 Å². The second-order valence-electron chi connectivity index (χ2n) is 4.97. The van der Waals surface area contributed by atoms with E-state index in [0.717, 1.165) is 11.3 Å². The zero-order valence-corrected chi connectivity index (χ0v) is 13.4. The van der Waals surface area contributed by atoms with Gasteiger partial charge in [-0.05, 0) is 11.6 Å². The SMILES string of the molecule is COC(=O)/C=C/[C@@H](NCc1ccccc1)c1ccccc1OC. The number of rotatable bonds is 7. The van der Waals surface area contributed by atoms with Gasteiger partial charge in [0.2, 0.25) is 0 Å². The highest BCUT2D eigenvalue weighted by Gasteiger charge is 2.13. The smallest absolute Gasteiger partial charge is 0.330 e. The highest BCUT2D eigenvalue weighted by Crippen LogP contribution is 2.26. The van der Waals surface area contributed by atoms with Gasteiger partial charge in [-0.3, -0.25) is 0 Å². The Morgan fingerprint density at radius 2 is 1.78 bits per heavy atom. The normalized spacial score (nSPS) is 12.1. The first kappa shape index (κ1) is 16.8. The molecule has 0 aromatic heterocycles. The van der Waals surface area contributed by atoms with Gasteiger partial charge in [0.15, 0.2) is 0 Å². The van der Waals surface area contributed by atoms with E-state index in [4.69, 9.17) is 4.74 Å². The molecule has 0 aliphatic carbocycles. The van der Waals surface area contributed by atoms with Gasteiger partial charge in [0, 0.05) is 18.2 Å². The summed E-state index contributed by atoms with van der Waals surface area (Å²) >= 11 is 0. The predicted octanol–water partition coefficient (Wildman–Crippen LogP) is 3.26. The molecule has 1 atom stereocenters. The van der Waals surface area contributed by atoms with E-state index in [1.807, 2.05) is 42.5 Å². The fourth-order valence-electron chi connectivity index (χ4n) is 2.27. The molecule has 0 spiro atoms. The second-order valence-corrected chi connectivity index (χ2v) is 4.97. The standard InChI is InChI=1S/C19H21NO3/c1-22-18-11-7-6-10-16(18)17(12-13-19(21)23-2)20-14-15-8-4-3-5-9-15/h3-13,17,20H,14H2,1-2H3/b13-12+/t17-/m1/s1. The van der Waals surface area contributed by atoms with Crippen LogP contribution in [0.15, 0.2) is 66.7 Å². The molecular weight excluding hydrogens is 290 g/mol. The van der Waals surface area contributed by atoms with Gasteiger partial charge in [-0.25, -0.2) is 4.79 Å². The van der Waals surface area contributed by atoms with E-state index in [0.29, 0.717) is 6.54 Å². The van der Waals surface area contributed by atoms with Crippen molar-refractivity contribution in [1.29, 1.82) is 0 Å². The molecule has 0 unspecified atom stereocenters. The summed E-state index contributed by atoms with van der Waals surface area (Å²) < 4.78 is 10.1. The fourth-order valence-corrected chi connectivity index (χ4v) is 2.27. The summed E-state index contributed by atoms with van der Waals surface area (Å²) in [6.45, 7) is 0.676. The van der Waals surface area contributed by atoms with Gasteiger partial charge >= 0.3 is 5.97 Å². The van der Waals surface area contributed by atoms with Crippen molar-refractivity contribution in [3.63, 3.8) is 0 Å². The van der Waals surface area contributed by atoms with E-state index in [2.05, 4.69) is 22.2 Å². The third kappa shape index (κ3) is 4.97. The molecule has 0 amide bonds. The molecule has 0 aliphatic rings. The lowest BCUT2D eigenvalue weighted by Gasteiger charge is -2.18. The van der Waals surface area contributed by atoms with Gasteiger partial charge in [0.25, 0.3) is 0 Å². The first-order valence-electron chi connectivity index (χ1n) is 7.41. The average molecular weight is 311 g/mol. The van der Waals surface area contributed by atoms with Crippen LogP contribution in [0.3, 0.4) is 0 Å². The maximum absolute atomic E-state index is 11.4. The molecule has 0 fully saturated rings. The number of carbonyl (C=O) groups is 1. The average Bonchev–Trinajstić information content (AvgIpc) is 2.62. The van der Waals surface area contributed by atoms with Crippen molar-refractivity contribution in [2.75, 3.05) is 14.2 Å². The summed E-state index contributed by atoms with van der Waals surface area (Å²) in [6.07, 6.45) is 3.21. The quantitative estimate of drug-likeness (QED) is 0.630. The first-order chi connectivity index (χ1) is 11.2. The summed E-state index contributed by atoms with van der Waals surface area (Å²) in [7, 11) is 3.00. The van der Waals surface area contributed by atoms with Crippen LogP contribution in [0.4, 0.5) is 0 Å². The van der Waals surface area contributed by atoms with Crippen molar-refractivity contribution >= 4 is 5.97 Å².